The fourth-order valence-electron chi connectivity index (χ4n) is 1.67. The van der Waals surface area contributed by atoms with E-state index in [9.17, 15) is 9.18 Å². The zero-order chi connectivity index (χ0) is 14.5. The topological polar surface area (TPSA) is 38.3 Å². The molecule has 0 radical (unpaired) electrons. The Kier molecular flexibility index (Phi) is 4.58. The molecule has 0 aromatic heterocycles. The number of ether oxygens (including phenoxy) is 1. The number of hydrogen-bond acceptors (Lipinski definition) is 2. The molecule has 0 atom stereocenters. The first-order valence-corrected chi connectivity index (χ1v) is 6.37. The molecule has 0 bridgehead atoms. The number of halogens is 2. The van der Waals surface area contributed by atoms with Crippen molar-refractivity contribution in [3.05, 3.63) is 58.9 Å². The van der Waals surface area contributed by atoms with Gasteiger partial charge >= 0.3 is 0 Å². The van der Waals surface area contributed by atoms with Crippen LogP contribution in [0.2, 0.25) is 5.02 Å². The van der Waals surface area contributed by atoms with Gasteiger partial charge in [0.2, 0.25) is 0 Å². The molecular formula is C15H13ClFNO2. The van der Waals surface area contributed by atoms with Gasteiger partial charge in [-0.25, -0.2) is 4.39 Å². The van der Waals surface area contributed by atoms with Gasteiger partial charge in [-0.3, -0.25) is 4.79 Å². The Morgan fingerprint density at radius 3 is 2.75 bits per heavy atom. The van der Waals surface area contributed by atoms with E-state index in [0.717, 1.165) is 5.56 Å². The second-order valence-corrected chi connectivity index (χ2v) is 4.66. The van der Waals surface area contributed by atoms with Crippen LogP contribution in [0.4, 0.5) is 10.1 Å². The van der Waals surface area contributed by atoms with Crippen molar-refractivity contribution in [2.45, 2.75) is 6.92 Å². The molecule has 0 heterocycles. The Hall–Kier alpha value is -2.07. The van der Waals surface area contributed by atoms with Crippen molar-refractivity contribution in [2.75, 3.05) is 11.9 Å². The first-order valence-electron chi connectivity index (χ1n) is 5.99. The Bertz CT molecular complexity index is 631. The predicted molar refractivity (Wildman–Crippen MR) is 76.7 cm³/mol. The lowest BCUT2D eigenvalue weighted by molar-refractivity contribution is -0.118. The molecule has 0 fully saturated rings. The van der Waals surface area contributed by atoms with Gasteiger partial charge in [0.05, 0.1) is 5.69 Å². The van der Waals surface area contributed by atoms with Gasteiger partial charge in [-0.05, 0) is 42.8 Å². The standard InChI is InChI=1S/C15H13ClFNO2/c1-10-8-11(16)6-7-14(10)20-9-15(19)18-13-5-3-2-4-12(13)17/h2-8H,9H2,1H3,(H,18,19). The van der Waals surface area contributed by atoms with E-state index < -0.39 is 11.7 Å². The van der Waals surface area contributed by atoms with Gasteiger partial charge in [0.1, 0.15) is 11.6 Å². The quantitative estimate of drug-likeness (QED) is 0.931. The number of carbonyl (C=O) groups excluding carboxylic acids is 1. The van der Waals surface area contributed by atoms with Crippen molar-refractivity contribution in [3.63, 3.8) is 0 Å². The Balaban J connectivity index is 1.94. The smallest absolute Gasteiger partial charge is 0.262 e. The number of amides is 1. The van der Waals surface area contributed by atoms with Gasteiger partial charge in [0.25, 0.3) is 5.91 Å². The summed E-state index contributed by atoms with van der Waals surface area (Å²) in [5, 5.41) is 3.05. The molecule has 20 heavy (non-hydrogen) atoms. The first kappa shape index (κ1) is 14.3. The van der Waals surface area contributed by atoms with Gasteiger partial charge in [-0.2, -0.15) is 0 Å². The zero-order valence-corrected chi connectivity index (χ0v) is 11.6. The van der Waals surface area contributed by atoms with Crippen LogP contribution >= 0.6 is 11.6 Å². The van der Waals surface area contributed by atoms with Gasteiger partial charge in [0, 0.05) is 5.02 Å². The minimum absolute atomic E-state index is 0.133. The highest BCUT2D eigenvalue weighted by atomic mass is 35.5. The maximum atomic E-state index is 13.4. The molecule has 2 aromatic rings. The fraction of sp³-hybridized carbons (Fsp3) is 0.133. The maximum Gasteiger partial charge on any atom is 0.262 e. The molecule has 3 nitrogen and oxygen atoms in total. The number of hydrogen-bond donors (Lipinski definition) is 1. The summed E-state index contributed by atoms with van der Waals surface area (Å²) in [5.41, 5.74) is 0.963. The maximum absolute atomic E-state index is 13.4. The summed E-state index contributed by atoms with van der Waals surface area (Å²) in [7, 11) is 0. The molecule has 0 spiro atoms. The number of anilines is 1. The molecule has 0 saturated carbocycles. The number of aryl methyl sites for hydroxylation is 1. The predicted octanol–water partition coefficient (Wildman–Crippen LogP) is 3.81. The summed E-state index contributed by atoms with van der Waals surface area (Å²) >= 11 is 5.83. The second kappa shape index (κ2) is 6.39. The normalized spacial score (nSPS) is 10.2. The molecule has 1 N–H and O–H groups in total. The molecule has 5 heteroatoms. The lowest BCUT2D eigenvalue weighted by Crippen LogP contribution is -2.21. The van der Waals surface area contributed by atoms with Gasteiger partial charge in [0.15, 0.2) is 6.61 Å². The van der Waals surface area contributed by atoms with Crippen LogP contribution in [0.25, 0.3) is 0 Å². The van der Waals surface area contributed by atoms with Crippen molar-refractivity contribution in [3.8, 4) is 5.75 Å². The molecule has 0 saturated heterocycles. The van der Waals surface area contributed by atoms with Crippen LogP contribution in [0, 0.1) is 12.7 Å². The number of nitrogens with one attached hydrogen (secondary N) is 1. The van der Waals surface area contributed by atoms with Crippen LogP contribution in [-0.4, -0.2) is 12.5 Å². The number of para-hydroxylation sites is 1. The van der Waals surface area contributed by atoms with Crippen LogP contribution < -0.4 is 10.1 Å². The van der Waals surface area contributed by atoms with Gasteiger partial charge < -0.3 is 10.1 Å². The molecule has 0 aliphatic rings. The average molecular weight is 294 g/mol. The molecule has 2 aromatic carbocycles. The Morgan fingerprint density at radius 2 is 2.05 bits per heavy atom. The van der Waals surface area contributed by atoms with Crippen molar-refractivity contribution in [1.29, 1.82) is 0 Å². The van der Waals surface area contributed by atoms with E-state index in [-0.39, 0.29) is 12.3 Å². The van der Waals surface area contributed by atoms with Crippen LogP contribution in [0.15, 0.2) is 42.5 Å². The summed E-state index contributed by atoms with van der Waals surface area (Å²) in [6.45, 7) is 1.63. The van der Waals surface area contributed by atoms with Crippen LogP contribution in [0.5, 0.6) is 5.75 Å². The first-order chi connectivity index (χ1) is 9.56. The van der Waals surface area contributed by atoms with E-state index in [0.29, 0.717) is 10.8 Å². The number of benzene rings is 2. The van der Waals surface area contributed by atoms with Crippen molar-refractivity contribution >= 4 is 23.2 Å². The third-order valence-corrected chi connectivity index (χ3v) is 2.88. The molecule has 0 aliphatic carbocycles. The minimum Gasteiger partial charge on any atom is -0.483 e. The summed E-state index contributed by atoms with van der Waals surface area (Å²) < 4.78 is 18.7. The minimum atomic E-state index is -0.483. The fourth-order valence-corrected chi connectivity index (χ4v) is 1.89. The molecular weight excluding hydrogens is 281 g/mol. The Morgan fingerprint density at radius 1 is 1.30 bits per heavy atom. The van der Waals surface area contributed by atoms with E-state index in [1.54, 1.807) is 30.3 Å². The van der Waals surface area contributed by atoms with E-state index in [1.807, 2.05) is 6.92 Å². The molecule has 1 amide bonds. The highest BCUT2D eigenvalue weighted by molar-refractivity contribution is 6.30. The zero-order valence-electron chi connectivity index (χ0n) is 10.8. The second-order valence-electron chi connectivity index (χ2n) is 4.23. The highest BCUT2D eigenvalue weighted by Gasteiger charge is 2.08. The number of carbonyl (C=O) groups is 1. The summed E-state index contributed by atoms with van der Waals surface area (Å²) in [6.07, 6.45) is 0. The molecule has 104 valence electrons. The lowest BCUT2D eigenvalue weighted by Gasteiger charge is -2.10. The third-order valence-electron chi connectivity index (χ3n) is 2.64. The van der Waals surface area contributed by atoms with Crippen molar-refractivity contribution in [2.24, 2.45) is 0 Å². The van der Waals surface area contributed by atoms with E-state index in [2.05, 4.69) is 5.32 Å². The van der Waals surface area contributed by atoms with Crippen molar-refractivity contribution in [1.82, 2.24) is 0 Å². The van der Waals surface area contributed by atoms with E-state index in [1.165, 1.54) is 12.1 Å². The highest BCUT2D eigenvalue weighted by Crippen LogP contribution is 2.21. The summed E-state index contributed by atoms with van der Waals surface area (Å²) in [5.74, 6) is -0.342. The van der Waals surface area contributed by atoms with E-state index in [4.69, 9.17) is 16.3 Å². The molecule has 0 aliphatic heterocycles. The molecule has 0 unspecified atom stereocenters. The van der Waals surface area contributed by atoms with E-state index >= 15 is 0 Å². The SMILES string of the molecule is Cc1cc(Cl)ccc1OCC(=O)Nc1ccccc1F. The van der Waals surface area contributed by atoms with Gasteiger partial charge in [-0.1, -0.05) is 23.7 Å². The summed E-state index contributed by atoms with van der Waals surface area (Å²) in [4.78, 5) is 11.7. The average Bonchev–Trinajstić information content (AvgIpc) is 2.40. The lowest BCUT2D eigenvalue weighted by atomic mass is 10.2. The Labute approximate surface area is 121 Å². The van der Waals surface area contributed by atoms with Crippen LogP contribution in [0.1, 0.15) is 5.56 Å². The monoisotopic (exact) mass is 293 g/mol. The van der Waals surface area contributed by atoms with Crippen molar-refractivity contribution < 1.29 is 13.9 Å². The number of rotatable bonds is 4. The molecule has 2 rings (SSSR count). The van der Waals surface area contributed by atoms with Gasteiger partial charge in [-0.15, -0.1) is 0 Å². The van der Waals surface area contributed by atoms with Crippen LogP contribution in [-0.2, 0) is 4.79 Å². The van der Waals surface area contributed by atoms with Crippen LogP contribution in [0.3, 0.4) is 0 Å². The summed E-state index contributed by atoms with van der Waals surface area (Å²) in [6, 6.07) is 11.1. The third kappa shape index (κ3) is 3.71. The largest absolute Gasteiger partial charge is 0.483 e.